The zero-order valence-corrected chi connectivity index (χ0v) is 13.6. The Bertz CT molecular complexity index is 669. The van der Waals surface area contributed by atoms with Crippen LogP contribution in [0, 0.1) is 6.92 Å². The van der Waals surface area contributed by atoms with Crippen molar-refractivity contribution in [1.29, 1.82) is 0 Å². The van der Waals surface area contributed by atoms with Gasteiger partial charge in [-0.2, -0.15) is 4.98 Å². The van der Waals surface area contributed by atoms with E-state index >= 15 is 0 Å². The second kappa shape index (κ2) is 5.36. The highest BCUT2D eigenvalue weighted by molar-refractivity contribution is 6.30. The zero-order chi connectivity index (χ0) is 15.3. The Morgan fingerprint density at radius 3 is 2.68 bits per heavy atom. The summed E-state index contributed by atoms with van der Waals surface area (Å²) in [7, 11) is 2.23. The van der Waals surface area contributed by atoms with Crippen LogP contribution in [0.3, 0.4) is 0 Å². The first-order valence-electron chi connectivity index (χ1n) is 7.91. The van der Waals surface area contributed by atoms with Crippen molar-refractivity contribution in [3.05, 3.63) is 46.6 Å². The van der Waals surface area contributed by atoms with Crippen molar-refractivity contribution in [1.82, 2.24) is 15.0 Å². The largest absolute Gasteiger partial charge is 0.339 e. The van der Waals surface area contributed by atoms with Crippen LogP contribution in [0.15, 0.2) is 28.8 Å². The summed E-state index contributed by atoms with van der Waals surface area (Å²) < 4.78 is 5.56. The maximum absolute atomic E-state index is 6.05. The molecule has 1 aromatic heterocycles. The van der Waals surface area contributed by atoms with Crippen LogP contribution in [0.5, 0.6) is 0 Å². The van der Waals surface area contributed by atoms with Crippen LogP contribution in [-0.4, -0.2) is 34.2 Å². The molecule has 116 valence electrons. The maximum Gasteiger partial charge on any atom is 0.231 e. The Kier molecular flexibility index (Phi) is 3.46. The van der Waals surface area contributed by atoms with Crippen LogP contribution < -0.4 is 0 Å². The van der Waals surface area contributed by atoms with Gasteiger partial charge in [-0.1, -0.05) is 28.9 Å². The topological polar surface area (TPSA) is 42.2 Å². The van der Waals surface area contributed by atoms with Crippen molar-refractivity contribution in [3.63, 3.8) is 0 Å². The number of benzene rings is 1. The molecule has 4 rings (SSSR count). The molecule has 4 nitrogen and oxygen atoms in total. The van der Waals surface area contributed by atoms with Gasteiger partial charge in [-0.15, -0.1) is 0 Å². The molecule has 2 saturated heterocycles. The van der Waals surface area contributed by atoms with Crippen molar-refractivity contribution in [3.8, 4) is 0 Å². The Morgan fingerprint density at radius 2 is 2.00 bits per heavy atom. The van der Waals surface area contributed by atoms with Gasteiger partial charge in [0.15, 0.2) is 5.82 Å². The summed E-state index contributed by atoms with van der Waals surface area (Å²) >= 11 is 6.05. The second-order valence-corrected chi connectivity index (χ2v) is 7.00. The third kappa shape index (κ3) is 2.25. The SMILES string of the molecule is Cc1noc(C2C3CCC(C[C@@H]2c2ccc(Cl)cc2)N3C)n1. The number of hydrogen-bond donors (Lipinski definition) is 0. The smallest absolute Gasteiger partial charge is 0.231 e. The van der Waals surface area contributed by atoms with E-state index in [2.05, 4.69) is 34.2 Å². The number of halogens is 1. The van der Waals surface area contributed by atoms with Crippen molar-refractivity contribution in [2.75, 3.05) is 7.05 Å². The highest BCUT2D eigenvalue weighted by Gasteiger charge is 2.48. The maximum atomic E-state index is 6.05. The number of likely N-dealkylation sites (N-methyl/N-ethyl adjacent to an activating group) is 1. The van der Waals surface area contributed by atoms with Crippen LogP contribution in [0.2, 0.25) is 5.02 Å². The fourth-order valence-electron chi connectivity index (χ4n) is 4.30. The van der Waals surface area contributed by atoms with Crippen LogP contribution in [-0.2, 0) is 0 Å². The van der Waals surface area contributed by atoms with Gasteiger partial charge >= 0.3 is 0 Å². The van der Waals surface area contributed by atoms with E-state index in [1.165, 1.54) is 18.4 Å². The quantitative estimate of drug-likeness (QED) is 0.845. The van der Waals surface area contributed by atoms with Gasteiger partial charge in [-0.25, -0.2) is 0 Å². The lowest BCUT2D eigenvalue weighted by Gasteiger charge is -2.41. The number of fused-ring (bicyclic) bond motifs is 2. The fraction of sp³-hybridized carbons (Fsp3) is 0.529. The number of hydrogen-bond acceptors (Lipinski definition) is 4. The molecule has 2 aromatic rings. The first kappa shape index (κ1) is 14.2. The van der Waals surface area contributed by atoms with Crippen molar-refractivity contribution < 1.29 is 4.52 Å². The molecule has 2 fully saturated rings. The van der Waals surface area contributed by atoms with Gasteiger partial charge in [0.1, 0.15) is 0 Å². The van der Waals surface area contributed by atoms with Crippen LogP contribution in [0.4, 0.5) is 0 Å². The average Bonchev–Trinajstić information content (AvgIpc) is 3.02. The van der Waals surface area contributed by atoms with E-state index in [1.807, 2.05) is 19.1 Å². The van der Waals surface area contributed by atoms with Crippen molar-refractivity contribution in [2.24, 2.45) is 0 Å². The Balaban J connectivity index is 1.76. The predicted octanol–water partition coefficient (Wildman–Crippen LogP) is 3.77. The third-order valence-corrected chi connectivity index (χ3v) is 5.65. The van der Waals surface area contributed by atoms with E-state index in [-0.39, 0.29) is 5.92 Å². The Morgan fingerprint density at radius 1 is 1.23 bits per heavy atom. The Hall–Kier alpha value is -1.39. The molecule has 0 spiro atoms. The van der Waals surface area contributed by atoms with Gasteiger partial charge in [-0.05, 0) is 56.8 Å². The molecule has 0 radical (unpaired) electrons. The van der Waals surface area contributed by atoms with Crippen molar-refractivity contribution in [2.45, 2.75) is 50.1 Å². The van der Waals surface area contributed by atoms with Gasteiger partial charge in [0.2, 0.25) is 5.89 Å². The number of nitrogens with zero attached hydrogens (tertiary/aromatic N) is 3. The van der Waals surface area contributed by atoms with E-state index in [4.69, 9.17) is 16.1 Å². The molecule has 2 aliphatic heterocycles. The minimum Gasteiger partial charge on any atom is -0.339 e. The van der Waals surface area contributed by atoms with E-state index in [9.17, 15) is 0 Å². The van der Waals surface area contributed by atoms with Crippen LogP contribution in [0.1, 0.15) is 48.4 Å². The average molecular weight is 318 g/mol. The predicted molar refractivity (Wildman–Crippen MR) is 85.2 cm³/mol. The summed E-state index contributed by atoms with van der Waals surface area (Å²) in [5, 5.41) is 4.80. The molecule has 22 heavy (non-hydrogen) atoms. The lowest BCUT2D eigenvalue weighted by molar-refractivity contribution is 0.120. The highest BCUT2D eigenvalue weighted by Crippen LogP contribution is 2.50. The number of rotatable bonds is 2. The number of piperidine rings is 1. The van der Waals surface area contributed by atoms with Gasteiger partial charge in [0.05, 0.1) is 5.92 Å². The first-order valence-corrected chi connectivity index (χ1v) is 8.29. The van der Waals surface area contributed by atoms with E-state index in [0.29, 0.717) is 23.8 Å². The monoisotopic (exact) mass is 317 g/mol. The second-order valence-electron chi connectivity index (χ2n) is 6.56. The lowest BCUT2D eigenvalue weighted by Crippen LogP contribution is -2.44. The van der Waals surface area contributed by atoms with Gasteiger partial charge in [0.25, 0.3) is 0 Å². The van der Waals surface area contributed by atoms with Gasteiger partial charge < -0.3 is 4.52 Å². The normalized spacial score (nSPS) is 31.6. The summed E-state index contributed by atoms with van der Waals surface area (Å²) in [5.41, 5.74) is 1.33. The number of aromatic nitrogens is 2. The number of aryl methyl sites for hydroxylation is 1. The molecule has 2 aliphatic rings. The fourth-order valence-corrected chi connectivity index (χ4v) is 4.43. The molecule has 3 unspecified atom stereocenters. The summed E-state index contributed by atoms with van der Waals surface area (Å²) in [6, 6.07) is 9.40. The molecule has 0 N–H and O–H groups in total. The summed E-state index contributed by atoms with van der Waals surface area (Å²) in [4.78, 5) is 7.06. The lowest BCUT2D eigenvalue weighted by atomic mass is 9.76. The molecule has 0 amide bonds. The molecular formula is C17H20ClN3O. The minimum atomic E-state index is 0.270. The van der Waals surface area contributed by atoms with E-state index in [1.54, 1.807) is 0 Å². The molecule has 5 heteroatoms. The molecule has 4 atom stereocenters. The summed E-state index contributed by atoms with van der Waals surface area (Å²) in [5.74, 6) is 2.19. The molecule has 0 aliphatic carbocycles. The molecule has 1 aromatic carbocycles. The van der Waals surface area contributed by atoms with Crippen molar-refractivity contribution >= 4 is 11.6 Å². The molecular weight excluding hydrogens is 298 g/mol. The minimum absolute atomic E-state index is 0.270. The Labute approximate surface area is 135 Å². The van der Waals surface area contributed by atoms with Gasteiger partial charge in [-0.3, -0.25) is 4.90 Å². The summed E-state index contributed by atoms with van der Waals surface area (Å²) in [6.45, 7) is 1.88. The van der Waals surface area contributed by atoms with E-state index in [0.717, 1.165) is 17.3 Å². The van der Waals surface area contributed by atoms with Crippen LogP contribution >= 0.6 is 11.6 Å². The van der Waals surface area contributed by atoms with Crippen LogP contribution in [0.25, 0.3) is 0 Å². The zero-order valence-electron chi connectivity index (χ0n) is 12.9. The first-order chi connectivity index (χ1) is 10.6. The molecule has 2 bridgehead atoms. The van der Waals surface area contributed by atoms with Gasteiger partial charge in [0, 0.05) is 17.1 Å². The third-order valence-electron chi connectivity index (χ3n) is 5.40. The molecule has 0 saturated carbocycles. The molecule has 3 heterocycles. The highest BCUT2D eigenvalue weighted by atomic mass is 35.5. The standard InChI is InChI=1S/C17H20ClN3O/c1-10-19-17(22-20-10)16-14(11-3-5-12(18)6-4-11)9-13-7-8-15(16)21(13)2/h3-6,13-16H,7-9H2,1-2H3/t13?,14-,15?,16?/m1/s1. The van der Waals surface area contributed by atoms with E-state index < -0.39 is 0 Å². The summed E-state index contributed by atoms with van der Waals surface area (Å²) in [6.07, 6.45) is 3.60.